The zero-order valence-electron chi connectivity index (χ0n) is 14.1. The van der Waals surface area contributed by atoms with Crippen molar-refractivity contribution >= 4 is 33.9 Å². The third-order valence-corrected chi connectivity index (χ3v) is 3.36. The lowest BCUT2D eigenvalue weighted by atomic mass is 10.1. The van der Waals surface area contributed by atoms with Crippen molar-refractivity contribution in [2.75, 3.05) is 13.2 Å². The van der Waals surface area contributed by atoms with E-state index in [1.807, 2.05) is 6.07 Å². The second-order valence-electron chi connectivity index (χ2n) is 5.24. The highest BCUT2D eigenvalue weighted by Crippen LogP contribution is 2.37. The van der Waals surface area contributed by atoms with Crippen molar-refractivity contribution in [3.05, 3.63) is 27.7 Å². The lowest BCUT2D eigenvalue weighted by Gasteiger charge is -2.14. The zero-order chi connectivity index (χ0) is 19.0. The minimum atomic E-state index is -1.12. The van der Waals surface area contributed by atoms with Crippen LogP contribution in [0.15, 0.2) is 22.2 Å². The fourth-order valence-corrected chi connectivity index (χ4v) is 2.44. The molecule has 25 heavy (non-hydrogen) atoms. The maximum atomic E-state index is 12.0. The topological polar surface area (TPSA) is 109 Å². The lowest BCUT2D eigenvalue weighted by Crippen LogP contribution is -2.30. The maximum absolute atomic E-state index is 12.0. The van der Waals surface area contributed by atoms with Crippen molar-refractivity contribution in [1.29, 1.82) is 5.26 Å². The molecular formula is C17H19BrN2O5. The van der Waals surface area contributed by atoms with Crippen LogP contribution in [0.2, 0.25) is 0 Å². The summed E-state index contributed by atoms with van der Waals surface area (Å²) < 4.78 is 11.2. The van der Waals surface area contributed by atoms with Gasteiger partial charge < -0.3 is 19.9 Å². The Labute approximate surface area is 154 Å². The second-order valence-corrected chi connectivity index (χ2v) is 6.10. The molecule has 0 bridgehead atoms. The van der Waals surface area contributed by atoms with E-state index in [0.717, 1.165) is 0 Å². The smallest absolute Gasteiger partial charge is 0.341 e. The van der Waals surface area contributed by atoms with Gasteiger partial charge in [-0.15, -0.1) is 0 Å². The van der Waals surface area contributed by atoms with E-state index < -0.39 is 18.5 Å². The predicted molar refractivity (Wildman–Crippen MR) is 95.3 cm³/mol. The first-order valence-electron chi connectivity index (χ1n) is 7.52. The number of carboxylic acid groups (broad SMARTS) is 1. The Hall–Kier alpha value is -2.53. The number of nitrogens with zero attached hydrogens (tertiary/aromatic N) is 1. The molecule has 134 valence electrons. The Morgan fingerprint density at radius 1 is 1.40 bits per heavy atom. The van der Waals surface area contributed by atoms with Crippen LogP contribution in [-0.4, -0.2) is 36.2 Å². The zero-order valence-corrected chi connectivity index (χ0v) is 15.7. The molecule has 0 heterocycles. The molecule has 0 saturated heterocycles. The van der Waals surface area contributed by atoms with Crippen molar-refractivity contribution in [2.45, 2.75) is 26.8 Å². The van der Waals surface area contributed by atoms with E-state index in [1.165, 1.54) is 6.08 Å². The number of hydrogen-bond acceptors (Lipinski definition) is 5. The van der Waals surface area contributed by atoms with Crippen LogP contribution < -0.4 is 14.8 Å². The average Bonchev–Trinajstić information content (AvgIpc) is 2.51. The van der Waals surface area contributed by atoms with Gasteiger partial charge in [-0.25, -0.2) is 4.79 Å². The molecule has 2 N–H and O–H groups in total. The predicted octanol–water partition coefficient (Wildman–Crippen LogP) is 2.74. The average molecular weight is 411 g/mol. The first kappa shape index (κ1) is 20.5. The number of amides is 1. The standard InChI is InChI=1S/C17H19BrN2O5/c1-4-24-14-7-11(5-12(8-19)17(23)20-10(2)3)6-13(18)16(14)25-9-15(21)22/h5-7,10H,4,9H2,1-3H3,(H,20,23)(H,21,22)/b12-5-. The Morgan fingerprint density at radius 2 is 2.08 bits per heavy atom. The highest BCUT2D eigenvalue weighted by Gasteiger charge is 2.15. The summed E-state index contributed by atoms with van der Waals surface area (Å²) in [5.74, 6) is -1.04. The first-order valence-corrected chi connectivity index (χ1v) is 8.31. The van der Waals surface area contributed by atoms with Crippen molar-refractivity contribution in [3.63, 3.8) is 0 Å². The van der Waals surface area contributed by atoms with E-state index in [4.69, 9.17) is 14.6 Å². The Balaban J connectivity index is 3.24. The number of carbonyl (C=O) groups excluding carboxylic acids is 1. The van der Waals surface area contributed by atoms with Crippen LogP contribution in [0.5, 0.6) is 11.5 Å². The monoisotopic (exact) mass is 410 g/mol. The Morgan fingerprint density at radius 3 is 2.60 bits per heavy atom. The minimum Gasteiger partial charge on any atom is -0.490 e. The van der Waals surface area contributed by atoms with E-state index >= 15 is 0 Å². The number of hydrogen-bond donors (Lipinski definition) is 2. The molecule has 0 spiro atoms. The molecule has 8 heteroatoms. The summed E-state index contributed by atoms with van der Waals surface area (Å²) in [6.45, 7) is 5.18. The fourth-order valence-electron chi connectivity index (χ4n) is 1.86. The summed E-state index contributed by atoms with van der Waals surface area (Å²) in [5.41, 5.74) is 0.482. The van der Waals surface area contributed by atoms with Gasteiger partial charge in [-0.2, -0.15) is 5.26 Å². The molecule has 0 aliphatic heterocycles. The summed E-state index contributed by atoms with van der Waals surface area (Å²) >= 11 is 3.30. The number of ether oxygens (including phenoxy) is 2. The molecule has 1 rings (SSSR count). The summed E-state index contributed by atoms with van der Waals surface area (Å²) in [6, 6.07) is 4.96. The summed E-state index contributed by atoms with van der Waals surface area (Å²) in [6.07, 6.45) is 1.42. The van der Waals surface area contributed by atoms with Crippen molar-refractivity contribution in [3.8, 4) is 17.6 Å². The van der Waals surface area contributed by atoms with Gasteiger partial charge in [-0.3, -0.25) is 4.79 Å². The molecule has 0 aromatic heterocycles. The summed E-state index contributed by atoms with van der Waals surface area (Å²) in [7, 11) is 0. The van der Waals surface area contributed by atoms with Gasteiger partial charge in [0.1, 0.15) is 11.6 Å². The van der Waals surface area contributed by atoms with Crippen molar-refractivity contribution in [2.24, 2.45) is 0 Å². The van der Waals surface area contributed by atoms with Crippen molar-refractivity contribution in [1.82, 2.24) is 5.32 Å². The number of rotatable bonds is 8. The number of benzene rings is 1. The molecule has 1 aromatic rings. The molecule has 1 aromatic carbocycles. The van der Waals surface area contributed by atoms with Gasteiger partial charge in [0.05, 0.1) is 11.1 Å². The van der Waals surface area contributed by atoms with Gasteiger partial charge in [-0.1, -0.05) is 0 Å². The Bertz CT molecular complexity index is 722. The largest absolute Gasteiger partial charge is 0.490 e. The first-order chi connectivity index (χ1) is 11.8. The van der Waals surface area contributed by atoms with Crippen LogP contribution in [0.1, 0.15) is 26.3 Å². The third-order valence-electron chi connectivity index (χ3n) is 2.77. The van der Waals surface area contributed by atoms with Gasteiger partial charge in [0.25, 0.3) is 5.91 Å². The molecule has 0 unspecified atom stereocenters. The van der Waals surface area contributed by atoms with E-state index in [9.17, 15) is 14.9 Å². The number of nitrogens with one attached hydrogen (secondary N) is 1. The quantitative estimate of drug-likeness (QED) is 0.503. The number of nitriles is 1. The van der Waals surface area contributed by atoms with Crippen LogP contribution >= 0.6 is 15.9 Å². The lowest BCUT2D eigenvalue weighted by molar-refractivity contribution is -0.139. The normalized spacial score (nSPS) is 11.0. The second kappa shape index (κ2) is 9.69. The van der Waals surface area contributed by atoms with E-state index in [1.54, 1.807) is 32.9 Å². The van der Waals surface area contributed by atoms with Crippen LogP contribution in [0.25, 0.3) is 6.08 Å². The summed E-state index contributed by atoms with van der Waals surface area (Å²) in [4.78, 5) is 22.7. The molecule has 0 aliphatic carbocycles. The van der Waals surface area contributed by atoms with E-state index in [-0.39, 0.29) is 17.4 Å². The van der Waals surface area contributed by atoms with Crippen LogP contribution in [0, 0.1) is 11.3 Å². The maximum Gasteiger partial charge on any atom is 0.341 e. The SMILES string of the molecule is CCOc1cc(/C=C(/C#N)C(=O)NC(C)C)cc(Br)c1OCC(=O)O. The molecule has 0 aliphatic rings. The highest BCUT2D eigenvalue weighted by atomic mass is 79.9. The van der Waals surface area contributed by atoms with Crippen molar-refractivity contribution < 1.29 is 24.2 Å². The number of carboxylic acids is 1. The van der Waals surface area contributed by atoms with Gasteiger partial charge in [0.15, 0.2) is 18.1 Å². The van der Waals surface area contributed by atoms with E-state index in [0.29, 0.717) is 22.4 Å². The van der Waals surface area contributed by atoms with Crippen LogP contribution in [0.3, 0.4) is 0 Å². The molecular weight excluding hydrogens is 392 g/mol. The van der Waals surface area contributed by atoms with Crippen LogP contribution in [-0.2, 0) is 9.59 Å². The third kappa shape index (κ3) is 6.47. The fraction of sp³-hybridized carbons (Fsp3) is 0.353. The van der Waals surface area contributed by atoms with E-state index in [2.05, 4.69) is 21.2 Å². The number of aliphatic carboxylic acids is 1. The molecule has 1 amide bonds. The number of carbonyl (C=O) groups is 2. The molecule has 0 radical (unpaired) electrons. The molecule has 0 fully saturated rings. The molecule has 7 nitrogen and oxygen atoms in total. The molecule has 0 saturated carbocycles. The van der Waals surface area contributed by atoms with Gasteiger partial charge in [0, 0.05) is 6.04 Å². The van der Waals surface area contributed by atoms with Gasteiger partial charge >= 0.3 is 5.97 Å². The van der Waals surface area contributed by atoms with Crippen LogP contribution in [0.4, 0.5) is 0 Å². The molecule has 0 atom stereocenters. The Kier molecular flexibility index (Phi) is 7.95. The minimum absolute atomic E-state index is 0.0535. The number of halogens is 1. The summed E-state index contributed by atoms with van der Waals surface area (Å²) in [5, 5.41) is 20.6. The van der Waals surface area contributed by atoms with Gasteiger partial charge in [-0.05, 0) is 60.5 Å². The van der Waals surface area contributed by atoms with Gasteiger partial charge in [0.2, 0.25) is 0 Å². The highest BCUT2D eigenvalue weighted by molar-refractivity contribution is 9.10.